The molecular formula is C21H21N3O2. The molecule has 0 radical (unpaired) electrons. The molecule has 4 rings (SSSR count). The molecule has 0 saturated heterocycles. The van der Waals surface area contributed by atoms with Crippen LogP contribution in [0.2, 0.25) is 0 Å². The zero-order valence-corrected chi connectivity index (χ0v) is 15.4. The van der Waals surface area contributed by atoms with Crippen molar-refractivity contribution in [3.05, 3.63) is 53.6 Å². The van der Waals surface area contributed by atoms with E-state index in [0.717, 1.165) is 34.7 Å². The molecule has 5 nitrogen and oxygen atoms in total. The van der Waals surface area contributed by atoms with Gasteiger partial charge < -0.3 is 13.9 Å². The fourth-order valence-electron chi connectivity index (χ4n) is 3.64. The smallest absolute Gasteiger partial charge is 0.338 e. The van der Waals surface area contributed by atoms with Gasteiger partial charge in [0.15, 0.2) is 5.82 Å². The van der Waals surface area contributed by atoms with Gasteiger partial charge >= 0.3 is 5.97 Å². The lowest BCUT2D eigenvalue weighted by Crippen LogP contribution is -2.04. The van der Waals surface area contributed by atoms with Crippen LogP contribution in [-0.4, -0.2) is 27.2 Å². The molecule has 2 heterocycles. The maximum atomic E-state index is 12.0. The quantitative estimate of drug-likeness (QED) is 0.519. The van der Waals surface area contributed by atoms with E-state index in [9.17, 15) is 4.79 Å². The number of fused-ring (bicyclic) bond motifs is 2. The number of carbonyl (C=O) groups excluding carboxylic acids is 1. The normalized spacial score (nSPS) is 11.4. The summed E-state index contributed by atoms with van der Waals surface area (Å²) in [5, 5.41) is 1.20. The van der Waals surface area contributed by atoms with Crippen molar-refractivity contribution in [2.24, 2.45) is 7.05 Å². The molecule has 0 unspecified atom stereocenters. The summed E-state index contributed by atoms with van der Waals surface area (Å²) >= 11 is 0. The second kappa shape index (κ2) is 6.02. The summed E-state index contributed by atoms with van der Waals surface area (Å²) < 4.78 is 9.24. The van der Waals surface area contributed by atoms with Gasteiger partial charge in [-0.2, -0.15) is 0 Å². The van der Waals surface area contributed by atoms with Crippen molar-refractivity contribution in [1.29, 1.82) is 0 Å². The van der Waals surface area contributed by atoms with E-state index in [1.165, 1.54) is 18.0 Å². The van der Waals surface area contributed by atoms with E-state index >= 15 is 0 Å². The highest BCUT2D eigenvalue weighted by Crippen LogP contribution is 2.30. The number of para-hydroxylation sites is 1. The highest BCUT2D eigenvalue weighted by molar-refractivity contribution is 5.96. The van der Waals surface area contributed by atoms with Crippen LogP contribution in [-0.2, 0) is 18.3 Å². The number of rotatable bonds is 3. The molecule has 5 heteroatoms. The van der Waals surface area contributed by atoms with E-state index in [-0.39, 0.29) is 5.97 Å². The van der Waals surface area contributed by atoms with Crippen molar-refractivity contribution in [2.75, 3.05) is 7.11 Å². The molecule has 4 aromatic rings. The molecule has 0 amide bonds. The highest BCUT2D eigenvalue weighted by atomic mass is 16.5. The molecule has 2 aromatic heterocycles. The third kappa shape index (κ3) is 2.31. The van der Waals surface area contributed by atoms with Crippen LogP contribution in [0.15, 0.2) is 42.5 Å². The molecule has 0 fully saturated rings. The molecule has 132 valence electrons. The maximum Gasteiger partial charge on any atom is 0.338 e. The van der Waals surface area contributed by atoms with Crippen LogP contribution >= 0.6 is 0 Å². The van der Waals surface area contributed by atoms with Crippen molar-refractivity contribution in [3.8, 4) is 11.5 Å². The van der Waals surface area contributed by atoms with E-state index < -0.39 is 0 Å². The number of nitrogens with zero attached hydrogens (tertiary/aromatic N) is 3. The van der Waals surface area contributed by atoms with Gasteiger partial charge in [0.25, 0.3) is 0 Å². The number of esters is 1. The van der Waals surface area contributed by atoms with E-state index in [0.29, 0.717) is 5.56 Å². The molecule has 0 N–H and O–H groups in total. The van der Waals surface area contributed by atoms with E-state index in [4.69, 9.17) is 9.72 Å². The van der Waals surface area contributed by atoms with Crippen molar-refractivity contribution in [1.82, 2.24) is 14.1 Å². The molecular weight excluding hydrogens is 326 g/mol. The third-order valence-electron chi connectivity index (χ3n) is 4.99. The van der Waals surface area contributed by atoms with Crippen LogP contribution in [0, 0.1) is 6.92 Å². The number of carbonyl (C=O) groups is 1. The monoisotopic (exact) mass is 347 g/mol. The number of imidazole rings is 1. The summed E-state index contributed by atoms with van der Waals surface area (Å²) in [4.78, 5) is 16.8. The Kier molecular flexibility index (Phi) is 3.80. The Balaban J connectivity index is 1.98. The summed E-state index contributed by atoms with van der Waals surface area (Å²) in [5.41, 5.74) is 5.50. The maximum absolute atomic E-state index is 12.0. The van der Waals surface area contributed by atoms with Gasteiger partial charge in [-0.1, -0.05) is 18.2 Å². The highest BCUT2D eigenvalue weighted by Gasteiger charge is 2.18. The van der Waals surface area contributed by atoms with Crippen molar-refractivity contribution < 1.29 is 9.53 Å². The standard InChI is InChI=1S/C21H21N3O2/c1-5-24-17-9-7-6-8-14(17)11-19(24)20-22-16-12-15(21(25)26-4)13(2)10-18(16)23(20)3/h6-12H,5H2,1-4H3. The number of benzene rings is 2. The van der Waals surface area contributed by atoms with Gasteiger partial charge in [0.1, 0.15) is 0 Å². The lowest BCUT2D eigenvalue weighted by Gasteiger charge is -2.08. The first-order valence-electron chi connectivity index (χ1n) is 8.69. The summed E-state index contributed by atoms with van der Waals surface area (Å²) in [7, 11) is 3.41. The molecule has 0 bridgehead atoms. The summed E-state index contributed by atoms with van der Waals surface area (Å²) in [6.45, 7) is 4.91. The topological polar surface area (TPSA) is 49.1 Å². The van der Waals surface area contributed by atoms with Gasteiger partial charge in [-0.25, -0.2) is 9.78 Å². The minimum Gasteiger partial charge on any atom is -0.465 e. The predicted octanol–water partition coefficient (Wildman–Crippen LogP) is 4.31. The first-order chi connectivity index (χ1) is 12.5. The van der Waals surface area contributed by atoms with Crippen molar-refractivity contribution in [3.63, 3.8) is 0 Å². The van der Waals surface area contributed by atoms with Crippen LogP contribution in [0.4, 0.5) is 0 Å². The van der Waals surface area contributed by atoms with Crippen molar-refractivity contribution in [2.45, 2.75) is 20.4 Å². The van der Waals surface area contributed by atoms with Crippen LogP contribution in [0.5, 0.6) is 0 Å². The van der Waals surface area contributed by atoms with Gasteiger partial charge in [-0.05, 0) is 43.7 Å². The first-order valence-corrected chi connectivity index (χ1v) is 8.69. The van der Waals surface area contributed by atoms with Crippen LogP contribution in [0.3, 0.4) is 0 Å². The molecule has 0 aliphatic carbocycles. The van der Waals surface area contributed by atoms with E-state index in [1.54, 1.807) is 0 Å². The minimum absolute atomic E-state index is 0.334. The zero-order chi connectivity index (χ0) is 18.4. The molecule has 0 atom stereocenters. The first kappa shape index (κ1) is 16.4. The Morgan fingerprint density at radius 3 is 2.65 bits per heavy atom. The lowest BCUT2D eigenvalue weighted by atomic mass is 10.1. The van der Waals surface area contributed by atoms with Gasteiger partial charge in [0.05, 0.1) is 29.4 Å². The number of ether oxygens (including phenoxy) is 1. The van der Waals surface area contributed by atoms with Crippen LogP contribution in [0.25, 0.3) is 33.5 Å². The third-order valence-corrected chi connectivity index (χ3v) is 4.99. The number of hydrogen-bond donors (Lipinski definition) is 0. The second-order valence-corrected chi connectivity index (χ2v) is 6.47. The largest absolute Gasteiger partial charge is 0.465 e. The van der Waals surface area contributed by atoms with Gasteiger partial charge in [-0.3, -0.25) is 0 Å². The Labute approximate surface area is 151 Å². The fourth-order valence-corrected chi connectivity index (χ4v) is 3.64. The second-order valence-electron chi connectivity index (χ2n) is 6.47. The fraction of sp³-hybridized carbons (Fsp3) is 0.238. The van der Waals surface area contributed by atoms with Crippen LogP contribution < -0.4 is 0 Å². The Morgan fingerprint density at radius 1 is 1.15 bits per heavy atom. The van der Waals surface area contributed by atoms with Crippen LogP contribution in [0.1, 0.15) is 22.8 Å². The molecule has 2 aromatic carbocycles. The van der Waals surface area contributed by atoms with E-state index in [2.05, 4.69) is 40.3 Å². The predicted molar refractivity (Wildman–Crippen MR) is 103 cm³/mol. The van der Waals surface area contributed by atoms with Crippen molar-refractivity contribution >= 4 is 27.9 Å². The zero-order valence-electron chi connectivity index (χ0n) is 15.4. The van der Waals surface area contributed by atoms with Gasteiger partial charge in [0.2, 0.25) is 0 Å². The summed E-state index contributed by atoms with van der Waals surface area (Å²) in [6.07, 6.45) is 0. The molecule has 0 spiro atoms. The van der Waals surface area contributed by atoms with Gasteiger partial charge in [0, 0.05) is 24.5 Å². The molecule has 0 aliphatic rings. The number of hydrogen-bond acceptors (Lipinski definition) is 3. The Hall–Kier alpha value is -3.08. The SMILES string of the molecule is CCn1c(-c2nc3cc(C(=O)OC)c(C)cc3n2C)cc2ccccc21. The number of aryl methyl sites for hydroxylation is 3. The summed E-state index contributed by atoms with van der Waals surface area (Å²) in [6, 6.07) is 14.3. The Morgan fingerprint density at radius 2 is 1.92 bits per heavy atom. The number of methoxy groups -OCH3 is 1. The molecule has 0 aliphatic heterocycles. The van der Waals surface area contributed by atoms with Gasteiger partial charge in [-0.15, -0.1) is 0 Å². The Bertz CT molecular complexity index is 1150. The average Bonchev–Trinajstić information content (AvgIpc) is 3.18. The lowest BCUT2D eigenvalue weighted by molar-refractivity contribution is 0.0600. The average molecular weight is 347 g/mol. The van der Waals surface area contributed by atoms with E-state index in [1.807, 2.05) is 32.2 Å². The molecule has 26 heavy (non-hydrogen) atoms. The number of aromatic nitrogens is 3. The minimum atomic E-state index is -0.334. The molecule has 0 saturated carbocycles. The summed E-state index contributed by atoms with van der Waals surface area (Å²) in [5.74, 6) is 0.554.